The fourth-order valence-electron chi connectivity index (χ4n) is 1.58. The minimum absolute atomic E-state index is 0.0116. The van der Waals surface area contributed by atoms with E-state index in [2.05, 4.69) is 22.4 Å². The van der Waals surface area contributed by atoms with Gasteiger partial charge in [-0.25, -0.2) is 0 Å². The zero-order valence-corrected chi connectivity index (χ0v) is 11.0. The third-order valence-corrected chi connectivity index (χ3v) is 2.85. The van der Waals surface area contributed by atoms with Crippen molar-refractivity contribution in [3.8, 4) is 0 Å². The average molecular weight is 256 g/mol. The highest BCUT2D eigenvalue weighted by Gasteiger charge is 2.16. The van der Waals surface area contributed by atoms with Crippen LogP contribution in [0.3, 0.4) is 0 Å². The van der Waals surface area contributed by atoms with Gasteiger partial charge in [-0.15, -0.1) is 10.2 Å². The van der Waals surface area contributed by atoms with Crippen LogP contribution in [0.2, 0.25) is 5.15 Å². The summed E-state index contributed by atoms with van der Waals surface area (Å²) < 4.78 is 0. The van der Waals surface area contributed by atoms with Gasteiger partial charge in [-0.05, 0) is 25.0 Å². The quantitative estimate of drug-likeness (QED) is 0.849. The molecule has 0 bridgehead atoms. The molecule has 0 saturated heterocycles. The molecule has 1 unspecified atom stereocenters. The molecular weight excluding hydrogens is 238 g/mol. The first-order chi connectivity index (χ1) is 8.17. The predicted molar refractivity (Wildman–Crippen MR) is 69.0 cm³/mol. The highest BCUT2D eigenvalue weighted by molar-refractivity contribution is 6.29. The van der Waals surface area contributed by atoms with Gasteiger partial charge in [0.15, 0.2) is 11.0 Å². The number of halogens is 1. The average Bonchev–Trinajstić information content (AvgIpc) is 2.33. The van der Waals surface area contributed by atoms with Crippen molar-refractivity contribution >= 4 is 23.3 Å². The van der Waals surface area contributed by atoms with Gasteiger partial charge in [-0.3, -0.25) is 4.79 Å². The summed E-state index contributed by atoms with van der Waals surface area (Å²) in [6.07, 6.45) is 3.93. The Bertz CT molecular complexity index is 353. The first-order valence-corrected chi connectivity index (χ1v) is 6.35. The summed E-state index contributed by atoms with van der Waals surface area (Å²) >= 11 is 5.62. The molecule has 0 aliphatic heterocycles. The van der Waals surface area contributed by atoms with Gasteiger partial charge in [0.1, 0.15) is 0 Å². The molecule has 0 aliphatic carbocycles. The Morgan fingerprint density at radius 3 is 2.71 bits per heavy atom. The topological polar surface area (TPSA) is 54.9 Å². The van der Waals surface area contributed by atoms with E-state index in [1.165, 1.54) is 0 Å². The number of amides is 1. The molecule has 4 nitrogen and oxygen atoms in total. The fourth-order valence-corrected chi connectivity index (χ4v) is 1.68. The zero-order chi connectivity index (χ0) is 12.7. The lowest BCUT2D eigenvalue weighted by Crippen LogP contribution is -2.23. The summed E-state index contributed by atoms with van der Waals surface area (Å²) in [5, 5.41) is 10.6. The first-order valence-electron chi connectivity index (χ1n) is 5.97. The summed E-state index contributed by atoms with van der Waals surface area (Å²) in [5.41, 5.74) is 0. The molecule has 1 atom stereocenters. The van der Waals surface area contributed by atoms with E-state index in [-0.39, 0.29) is 11.8 Å². The number of nitrogens with zero attached hydrogens (tertiary/aromatic N) is 2. The van der Waals surface area contributed by atoms with Gasteiger partial charge < -0.3 is 5.32 Å². The van der Waals surface area contributed by atoms with E-state index in [4.69, 9.17) is 11.6 Å². The van der Waals surface area contributed by atoms with Crippen molar-refractivity contribution < 1.29 is 4.79 Å². The van der Waals surface area contributed by atoms with Crippen LogP contribution in [0.25, 0.3) is 0 Å². The number of unbranched alkanes of at least 4 members (excludes halogenated alkanes) is 1. The van der Waals surface area contributed by atoms with Crippen LogP contribution in [0.1, 0.15) is 39.5 Å². The van der Waals surface area contributed by atoms with Gasteiger partial charge in [0.25, 0.3) is 0 Å². The SMILES string of the molecule is CCCCC(CC)C(=O)Nc1ccc(Cl)nn1. The third kappa shape index (κ3) is 4.69. The number of carbonyl (C=O) groups is 1. The largest absolute Gasteiger partial charge is 0.309 e. The van der Waals surface area contributed by atoms with E-state index in [1.54, 1.807) is 12.1 Å². The summed E-state index contributed by atoms with van der Waals surface area (Å²) in [4.78, 5) is 11.9. The molecule has 5 heteroatoms. The lowest BCUT2D eigenvalue weighted by Gasteiger charge is -2.13. The second kappa shape index (κ2) is 7.22. The third-order valence-electron chi connectivity index (χ3n) is 2.65. The van der Waals surface area contributed by atoms with Gasteiger partial charge in [0.2, 0.25) is 5.91 Å². The van der Waals surface area contributed by atoms with E-state index in [9.17, 15) is 4.79 Å². The van der Waals surface area contributed by atoms with Crippen molar-refractivity contribution in [1.29, 1.82) is 0 Å². The molecule has 0 saturated carbocycles. The van der Waals surface area contributed by atoms with Gasteiger partial charge in [-0.1, -0.05) is 38.3 Å². The highest BCUT2D eigenvalue weighted by atomic mass is 35.5. The van der Waals surface area contributed by atoms with Crippen LogP contribution in [-0.2, 0) is 4.79 Å². The maximum atomic E-state index is 11.9. The molecule has 1 aromatic heterocycles. The summed E-state index contributed by atoms with van der Waals surface area (Å²) in [7, 11) is 0. The molecule has 1 N–H and O–H groups in total. The lowest BCUT2D eigenvalue weighted by atomic mass is 9.98. The molecule has 0 aromatic carbocycles. The molecule has 0 spiro atoms. The summed E-state index contributed by atoms with van der Waals surface area (Å²) in [6, 6.07) is 3.26. The number of anilines is 1. The van der Waals surface area contributed by atoms with Crippen molar-refractivity contribution in [1.82, 2.24) is 10.2 Å². The van der Waals surface area contributed by atoms with E-state index < -0.39 is 0 Å². The normalized spacial score (nSPS) is 12.2. The molecule has 1 rings (SSSR count). The van der Waals surface area contributed by atoms with Crippen molar-refractivity contribution in [3.05, 3.63) is 17.3 Å². The highest BCUT2D eigenvalue weighted by Crippen LogP contribution is 2.15. The monoisotopic (exact) mass is 255 g/mol. The second-order valence-electron chi connectivity index (χ2n) is 3.98. The van der Waals surface area contributed by atoms with E-state index in [0.717, 1.165) is 25.7 Å². The van der Waals surface area contributed by atoms with Crippen LogP contribution >= 0.6 is 11.6 Å². The van der Waals surface area contributed by atoms with Crippen LogP contribution in [0.4, 0.5) is 5.82 Å². The maximum Gasteiger partial charge on any atom is 0.228 e. The zero-order valence-electron chi connectivity index (χ0n) is 10.2. The van der Waals surface area contributed by atoms with Gasteiger partial charge in [-0.2, -0.15) is 0 Å². The van der Waals surface area contributed by atoms with Crippen LogP contribution in [0.5, 0.6) is 0 Å². The molecule has 1 aromatic rings. The van der Waals surface area contributed by atoms with E-state index in [0.29, 0.717) is 11.0 Å². The number of hydrogen-bond acceptors (Lipinski definition) is 3. The van der Waals surface area contributed by atoms with Crippen molar-refractivity contribution in [2.45, 2.75) is 39.5 Å². The summed E-state index contributed by atoms with van der Waals surface area (Å²) in [6.45, 7) is 4.14. The fraction of sp³-hybridized carbons (Fsp3) is 0.583. The number of rotatable bonds is 6. The first kappa shape index (κ1) is 13.9. The number of carbonyl (C=O) groups excluding carboxylic acids is 1. The Morgan fingerprint density at radius 1 is 1.41 bits per heavy atom. The number of hydrogen-bond donors (Lipinski definition) is 1. The second-order valence-corrected chi connectivity index (χ2v) is 4.37. The predicted octanol–water partition coefficient (Wildman–Crippen LogP) is 3.28. The number of aromatic nitrogens is 2. The standard InChI is InChI=1S/C12H18ClN3O/c1-3-5-6-9(4-2)12(17)14-11-8-7-10(13)15-16-11/h7-9H,3-6H2,1-2H3,(H,14,16,17). The van der Waals surface area contributed by atoms with Gasteiger partial charge in [0, 0.05) is 5.92 Å². The molecule has 1 heterocycles. The van der Waals surface area contributed by atoms with E-state index in [1.807, 2.05) is 6.92 Å². The lowest BCUT2D eigenvalue weighted by molar-refractivity contribution is -0.120. The smallest absolute Gasteiger partial charge is 0.228 e. The van der Waals surface area contributed by atoms with Crippen LogP contribution in [-0.4, -0.2) is 16.1 Å². The molecular formula is C12H18ClN3O. The Balaban J connectivity index is 2.54. The minimum Gasteiger partial charge on any atom is -0.309 e. The molecule has 17 heavy (non-hydrogen) atoms. The van der Waals surface area contributed by atoms with Gasteiger partial charge >= 0.3 is 0 Å². The Hall–Kier alpha value is -1.16. The molecule has 0 radical (unpaired) electrons. The maximum absolute atomic E-state index is 11.9. The van der Waals surface area contributed by atoms with Crippen LogP contribution < -0.4 is 5.32 Å². The van der Waals surface area contributed by atoms with Gasteiger partial charge in [0.05, 0.1) is 0 Å². The molecule has 94 valence electrons. The van der Waals surface area contributed by atoms with Crippen molar-refractivity contribution in [2.24, 2.45) is 5.92 Å². The Labute approximate surface area is 107 Å². The van der Waals surface area contributed by atoms with E-state index >= 15 is 0 Å². The molecule has 0 aliphatic rings. The van der Waals surface area contributed by atoms with Crippen LogP contribution in [0.15, 0.2) is 12.1 Å². The minimum atomic E-state index is 0.0116. The number of nitrogens with one attached hydrogen (secondary N) is 1. The summed E-state index contributed by atoms with van der Waals surface area (Å²) in [5.74, 6) is 0.513. The molecule has 1 amide bonds. The van der Waals surface area contributed by atoms with Crippen molar-refractivity contribution in [3.63, 3.8) is 0 Å². The molecule has 0 fully saturated rings. The van der Waals surface area contributed by atoms with Crippen molar-refractivity contribution in [2.75, 3.05) is 5.32 Å². The van der Waals surface area contributed by atoms with Crippen LogP contribution in [0, 0.1) is 5.92 Å². The Morgan fingerprint density at radius 2 is 2.18 bits per heavy atom. The Kier molecular flexibility index (Phi) is 5.91.